The molecule has 1 aliphatic rings. The van der Waals surface area contributed by atoms with Crippen molar-refractivity contribution in [3.8, 4) is 0 Å². The van der Waals surface area contributed by atoms with Crippen LogP contribution in [0.2, 0.25) is 5.02 Å². The molecule has 0 bridgehead atoms. The van der Waals surface area contributed by atoms with Crippen LogP contribution in [-0.4, -0.2) is 27.2 Å². The van der Waals surface area contributed by atoms with Gasteiger partial charge in [0.05, 0.1) is 27.2 Å². The Hall–Kier alpha value is -1.40. The summed E-state index contributed by atoms with van der Waals surface area (Å²) in [6.45, 7) is 7.92. The van der Waals surface area contributed by atoms with E-state index in [1.165, 1.54) is 12.3 Å². The van der Waals surface area contributed by atoms with Crippen LogP contribution in [0, 0.1) is 10.1 Å². The number of anilines is 1. The van der Waals surface area contributed by atoms with Crippen LogP contribution >= 0.6 is 11.6 Å². The summed E-state index contributed by atoms with van der Waals surface area (Å²) in [6, 6.07) is 1.23. The molecule has 7 heteroatoms. The van der Waals surface area contributed by atoms with Crippen molar-refractivity contribution in [3.05, 3.63) is 27.4 Å². The van der Waals surface area contributed by atoms with Crippen LogP contribution in [0.5, 0.6) is 0 Å². The largest absolute Gasteiger partial charge is 0.367 e. The first-order chi connectivity index (χ1) is 9.11. The summed E-state index contributed by atoms with van der Waals surface area (Å²) >= 11 is 5.76. The fraction of sp³-hybridized carbons (Fsp3) is 0.615. The Balaban J connectivity index is 2.29. The summed E-state index contributed by atoms with van der Waals surface area (Å²) in [6.07, 6.45) is 2.13. The maximum absolute atomic E-state index is 11.1. The van der Waals surface area contributed by atoms with Gasteiger partial charge in [0.15, 0.2) is 0 Å². The lowest BCUT2D eigenvalue weighted by molar-refractivity contribution is -0.384. The number of aromatic nitrogens is 1. The molecule has 2 rings (SSSR count). The van der Waals surface area contributed by atoms with Gasteiger partial charge in [-0.25, -0.2) is 4.98 Å². The molecule has 20 heavy (non-hydrogen) atoms. The molecule has 1 fully saturated rings. The molecule has 1 aliphatic heterocycles. The molecular weight excluding hydrogens is 282 g/mol. The Bertz CT molecular complexity index is 546. The average molecular weight is 300 g/mol. The molecule has 0 aliphatic carbocycles. The predicted molar refractivity (Wildman–Crippen MR) is 77.2 cm³/mol. The van der Waals surface area contributed by atoms with Crippen LogP contribution in [-0.2, 0) is 4.74 Å². The normalized spacial score (nSPS) is 23.6. The summed E-state index contributed by atoms with van der Waals surface area (Å²) in [7, 11) is 0. The Morgan fingerprint density at radius 1 is 1.50 bits per heavy atom. The molecule has 6 nitrogen and oxygen atoms in total. The van der Waals surface area contributed by atoms with Crippen molar-refractivity contribution in [2.75, 3.05) is 5.32 Å². The van der Waals surface area contributed by atoms with Crippen molar-refractivity contribution in [3.63, 3.8) is 0 Å². The van der Waals surface area contributed by atoms with E-state index < -0.39 is 10.5 Å². The second kappa shape index (κ2) is 4.86. The number of hydrogen-bond donors (Lipinski definition) is 1. The van der Waals surface area contributed by atoms with Gasteiger partial charge in [0.2, 0.25) is 5.82 Å². The fourth-order valence-corrected chi connectivity index (χ4v) is 2.78. The number of nitrogens with zero attached hydrogens (tertiary/aromatic N) is 2. The average Bonchev–Trinajstić information content (AvgIpc) is 2.48. The van der Waals surface area contributed by atoms with E-state index >= 15 is 0 Å². The molecule has 1 N–H and O–H groups in total. The molecule has 0 amide bonds. The number of hydrogen-bond acceptors (Lipinski definition) is 5. The van der Waals surface area contributed by atoms with Crippen molar-refractivity contribution >= 4 is 23.1 Å². The molecule has 0 aromatic carbocycles. The zero-order chi connectivity index (χ0) is 15.1. The summed E-state index contributed by atoms with van der Waals surface area (Å²) in [5.74, 6) is 0.221. The minimum atomic E-state index is -0.491. The first-order valence-corrected chi connectivity index (χ1v) is 6.75. The third kappa shape index (κ3) is 3.02. The van der Waals surface area contributed by atoms with Gasteiger partial charge in [0.1, 0.15) is 0 Å². The molecule has 1 aromatic rings. The number of nitrogens with one attached hydrogen (secondary N) is 1. The van der Waals surface area contributed by atoms with Gasteiger partial charge in [0.25, 0.3) is 0 Å². The minimum Gasteiger partial charge on any atom is -0.367 e. The van der Waals surface area contributed by atoms with Gasteiger partial charge in [-0.3, -0.25) is 10.1 Å². The molecule has 0 spiro atoms. The van der Waals surface area contributed by atoms with E-state index in [1.54, 1.807) is 0 Å². The van der Waals surface area contributed by atoms with E-state index in [4.69, 9.17) is 16.3 Å². The molecule has 110 valence electrons. The van der Waals surface area contributed by atoms with Gasteiger partial charge >= 0.3 is 5.69 Å². The molecule has 2 heterocycles. The summed E-state index contributed by atoms with van der Waals surface area (Å²) in [4.78, 5) is 14.6. The fourth-order valence-electron chi connectivity index (χ4n) is 2.63. The summed E-state index contributed by atoms with van der Waals surface area (Å²) in [5, 5.41) is 14.4. The molecule has 1 aromatic heterocycles. The smallest absolute Gasteiger partial charge is 0.312 e. The molecule has 1 unspecified atom stereocenters. The number of nitro groups is 1. The highest BCUT2D eigenvalue weighted by atomic mass is 35.5. The molecule has 1 atom stereocenters. The van der Waals surface area contributed by atoms with Crippen LogP contribution < -0.4 is 5.32 Å². The van der Waals surface area contributed by atoms with Gasteiger partial charge in [0, 0.05) is 12.3 Å². The maximum atomic E-state index is 11.1. The van der Waals surface area contributed by atoms with Crippen LogP contribution in [0.3, 0.4) is 0 Å². The van der Waals surface area contributed by atoms with Crippen molar-refractivity contribution in [2.24, 2.45) is 0 Å². The Kier molecular flexibility index (Phi) is 3.64. The van der Waals surface area contributed by atoms with Crippen molar-refractivity contribution < 1.29 is 9.66 Å². The van der Waals surface area contributed by atoms with Gasteiger partial charge in [-0.1, -0.05) is 11.6 Å². The van der Waals surface area contributed by atoms with E-state index in [1.807, 2.05) is 27.7 Å². The maximum Gasteiger partial charge on any atom is 0.312 e. The van der Waals surface area contributed by atoms with Crippen molar-refractivity contribution in [1.29, 1.82) is 0 Å². The number of pyridine rings is 1. The Morgan fingerprint density at radius 2 is 2.15 bits per heavy atom. The zero-order valence-corrected chi connectivity index (χ0v) is 12.7. The topological polar surface area (TPSA) is 77.3 Å². The SMILES string of the molecule is CC1(C)CC(Nc2ncc(Cl)cc2[N+](=O)[O-])C(C)(C)O1. The van der Waals surface area contributed by atoms with Crippen molar-refractivity contribution in [2.45, 2.75) is 51.4 Å². The number of rotatable bonds is 3. The second-order valence-corrected chi connectivity index (χ2v) is 6.58. The quantitative estimate of drug-likeness (QED) is 0.683. The highest BCUT2D eigenvalue weighted by Crippen LogP contribution is 2.39. The number of halogens is 1. The Labute approximate surface area is 122 Å². The third-order valence-electron chi connectivity index (χ3n) is 3.42. The van der Waals surface area contributed by atoms with Gasteiger partial charge in [-0.05, 0) is 34.1 Å². The monoisotopic (exact) mass is 299 g/mol. The zero-order valence-electron chi connectivity index (χ0n) is 11.9. The predicted octanol–water partition coefficient (Wildman–Crippen LogP) is 3.40. The van der Waals surface area contributed by atoms with Gasteiger partial charge in [-0.15, -0.1) is 0 Å². The van der Waals surface area contributed by atoms with Crippen LogP contribution in [0.25, 0.3) is 0 Å². The van der Waals surface area contributed by atoms with E-state index in [9.17, 15) is 10.1 Å². The molecule has 1 saturated heterocycles. The van der Waals surface area contributed by atoms with E-state index in [0.717, 1.165) is 6.42 Å². The molecule has 0 saturated carbocycles. The first-order valence-electron chi connectivity index (χ1n) is 6.37. The van der Waals surface area contributed by atoms with E-state index in [0.29, 0.717) is 0 Å². The lowest BCUT2D eigenvalue weighted by Crippen LogP contribution is -2.38. The van der Waals surface area contributed by atoms with Crippen LogP contribution in [0.15, 0.2) is 12.3 Å². The standard InChI is InChI=1S/C13H18ClN3O3/c1-12(2)6-10(13(3,4)20-12)16-11-9(17(18)19)5-8(14)7-15-11/h5,7,10H,6H2,1-4H3,(H,15,16). The van der Waals surface area contributed by atoms with Gasteiger partial charge < -0.3 is 10.1 Å². The van der Waals surface area contributed by atoms with E-state index in [2.05, 4.69) is 10.3 Å². The minimum absolute atomic E-state index is 0.0649. The highest BCUT2D eigenvalue weighted by molar-refractivity contribution is 6.30. The Morgan fingerprint density at radius 3 is 2.65 bits per heavy atom. The van der Waals surface area contributed by atoms with Crippen LogP contribution in [0.1, 0.15) is 34.1 Å². The van der Waals surface area contributed by atoms with E-state index in [-0.39, 0.29) is 28.2 Å². The molecule has 0 radical (unpaired) electrons. The highest BCUT2D eigenvalue weighted by Gasteiger charge is 2.46. The third-order valence-corrected chi connectivity index (χ3v) is 3.62. The number of ether oxygens (including phenoxy) is 1. The lowest BCUT2D eigenvalue weighted by atomic mass is 9.94. The van der Waals surface area contributed by atoms with Crippen molar-refractivity contribution in [1.82, 2.24) is 4.98 Å². The second-order valence-electron chi connectivity index (χ2n) is 6.14. The van der Waals surface area contributed by atoms with Gasteiger partial charge in [-0.2, -0.15) is 0 Å². The summed E-state index contributed by atoms with van der Waals surface area (Å²) < 4.78 is 5.96. The molecular formula is C13H18ClN3O3. The summed E-state index contributed by atoms with van der Waals surface area (Å²) in [5.41, 5.74) is -0.834. The lowest BCUT2D eigenvalue weighted by Gasteiger charge is -2.27. The van der Waals surface area contributed by atoms with Crippen LogP contribution in [0.4, 0.5) is 11.5 Å². The first kappa shape index (κ1) is 15.0.